The number of carbonyl (C=O) groups is 1. The zero-order valence-electron chi connectivity index (χ0n) is 14.3. The van der Waals surface area contributed by atoms with Crippen molar-refractivity contribution in [2.75, 3.05) is 17.7 Å². The van der Waals surface area contributed by atoms with Crippen LogP contribution in [0.15, 0.2) is 65.4 Å². The molecule has 3 aromatic rings. The van der Waals surface area contributed by atoms with Gasteiger partial charge in [0.2, 0.25) is 5.88 Å². The summed E-state index contributed by atoms with van der Waals surface area (Å²) in [6, 6.07) is 14.2. The number of benzene rings is 1. The van der Waals surface area contributed by atoms with Crippen LogP contribution in [-0.4, -0.2) is 18.1 Å². The van der Waals surface area contributed by atoms with Crippen LogP contribution in [0, 0.1) is 0 Å². The first kappa shape index (κ1) is 17.5. The molecule has 0 saturated heterocycles. The largest absolute Gasteiger partial charge is 0.480 e. The smallest absolute Gasteiger partial charge is 0.323 e. The monoisotopic (exact) mass is 353 g/mol. The normalized spacial score (nSPS) is 10.3. The number of hydrogen-bond donors (Lipinski definition) is 2. The summed E-state index contributed by atoms with van der Waals surface area (Å²) in [5.74, 6) is 1.12. The molecule has 2 amide bonds. The molecular weight excluding hydrogens is 334 g/mol. The molecule has 0 atom stereocenters. The molecule has 7 heteroatoms. The molecule has 2 heterocycles. The number of nitrogens with zero attached hydrogens (tertiary/aromatic N) is 1. The van der Waals surface area contributed by atoms with Crippen LogP contribution in [0.1, 0.15) is 11.3 Å². The van der Waals surface area contributed by atoms with Crippen molar-refractivity contribution in [3.05, 3.63) is 72.3 Å². The Balaban J connectivity index is 1.55. The number of rotatable bonds is 7. The molecule has 26 heavy (non-hydrogen) atoms. The molecule has 1 aromatic carbocycles. The number of nitrogens with one attached hydrogen (secondary N) is 2. The second-order valence-electron chi connectivity index (χ2n) is 5.41. The van der Waals surface area contributed by atoms with Crippen LogP contribution in [0.5, 0.6) is 5.88 Å². The molecule has 0 aliphatic heterocycles. The maximum Gasteiger partial charge on any atom is 0.323 e. The Morgan fingerprint density at radius 1 is 1.12 bits per heavy atom. The van der Waals surface area contributed by atoms with Gasteiger partial charge in [-0.3, -0.25) is 0 Å². The number of aromatic nitrogens is 1. The number of ether oxygens (including phenoxy) is 2. The molecule has 0 aliphatic rings. The Morgan fingerprint density at radius 3 is 2.85 bits per heavy atom. The number of urea groups is 1. The number of hydrogen-bond acceptors (Lipinski definition) is 5. The fourth-order valence-electron chi connectivity index (χ4n) is 2.34. The molecule has 0 unspecified atom stereocenters. The van der Waals surface area contributed by atoms with Crippen molar-refractivity contribution in [2.45, 2.75) is 13.2 Å². The molecule has 7 nitrogen and oxygen atoms in total. The minimum Gasteiger partial charge on any atom is -0.480 e. The minimum atomic E-state index is -0.384. The summed E-state index contributed by atoms with van der Waals surface area (Å²) in [6.45, 7) is 0.806. The molecule has 0 bridgehead atoms. The second-order valence-corrected chi connectivity index (χ2v) is 5.41. The Bertz CT molecular complexity index is 850. The predicted molar refractivity (Wildman–Crippen MR) is 97.1 cm³/mol. The molecule has 0 aliphatic carbocycles. The van der Waals surface area contributed by atoms with Gasteiger partial charge in [-0.25, -0.2) is 9.78 Å². The maximum absolute atomic E-state index is 12.2. The molecule has 0 radical (unpaired) electrons. The number of pyridine rings is 1. The number of furan rings is 1. The number of anilines is 2. The van der Waals surface area contributed by atoms with E-state index >= 15 is 0 Å². The highest BCUT2D eigenvalue weighted by molar-refractivity contribution is 6.00. The topological polar surface area (TPSA) is 85.6 Å². The summed E-state index contributed by atoms with van der Waals surface area (Å²) in [5, 5.41) is 5.49. The highest BCUT2D eigenvalue weighted by Gasteiger charge is 2.08. The lowest BCUT2D eigenvalue weighted by Gasteiger charge is -2.11. The Hall–Kier alpha value is -3.32. The van der Waals surface area contributed by atoms with Crippen molar-refractivity contribution in [1.29, 1.82) is 0 Å². The van der Waals surface area contributed by atoms with Gasteiger partial charge in [-0.1, -0.05) is 12.1 Å². The third-order valence-electron chi connectivity index (χ3n) is 3.49. The molecule has 134 valence electrons. The van der Waals surface area contributed by atoms with Crippen LogP contribution in [-0.2, 0) is 18.0 Å². The zero-order chi connectivity index (χ0) is 18.2. The Labute approximate surface area is 151 Å². The van der Waals surface area contributed by atoms with E-state index in [1.807, 2.05) is 30.3 Å². The standard InChI is InChI=1S/C19H19N3O4/c1-24-18-17(8-3-9-20-18)22-19(23)21-15-6-2-5-14(11-15)12-25-13-16-7-4-10-26-16/h2-11H,12-13H2,1H3,(H2,21,22,23). The van der Waals surface area contributed by atoms with Gasteiger partial charge in [0.15, 0.2) is 0 Å². The van der Waals surface area contributed by atoms with E-state index in [4.69, 9.17) is 13.9 Å². The molecule has 2 aromatic heterocycles. The molecule has 2 N–H and O–H groups in total. The van der Waals surface area contributed by atoms with E-state index in [9.17, 15) is 4.79 Å². The lowest BCUT2D eigenvalue weighted by Crippen LogP contribution is -2.20. The number of methoxy groups -OCH3 is 1. The first-order chi connectivity index (χ1) is 12.7. The van der Waals surface area contributed by atoms with Crippen LogP contribution < -0.4 is 15.4 Å². The zero-order valence-corrected chi connectivity index (χ0v) is 14.3. The van der Waals surface area contributed by atoms with Crippen LogP contribution in [0.3, 0.4) is 0 Å². The quantitative estimate of drug-likeness (QED) is 0.669. The highest BCUT2D eigenvalue weighted by atomic mass is 16.5. The van der Waals surface area contributed by atoms with Gasteiger partial charge in [-0.15, -0.1) is 0 Å². The van der Waals surface area contributed by atoms with Crippen molar-refractivity contribution in [3.63, 3.8) is 0 Å². The van der Waals surface area contributed by atoms with Crippen LogP contribution in [0.4, 0.5) is 16.2 Å². The summed E-state index contributed by atoms with van der Waals surface area (Å²) >= 11 is 0. The van der Waals surface area contributed by atoms with Crippen molar-refractivity contribution in [2.24, 2.45) is 0 Å². The summed E-state index contributed by atoms with van der Waals surface area (Å²) in [6.07, 6.45) is 3.20. The molecule has 0 saturated carbocycles. The Morgan fingerprint density at radius 2 is 2.04 bits per heavy atom. The van der Waals surface area contributed by atoms with Gasteiger partial charge in [-0.05, 0) is 42.0 Å². The fourth-order valence-corrected chi connectivity index (χ4v) is 2.34. The predicted octanol–water partition coefficient (Wildman–Crippen LogP) is 4.04. The Kier molecular flexibility index (Phi) is 5.84. The number of carbonyl (C=O) groups excluding carboxylic acids is 1. The average molecular weight is 353 g/mol. The van der Waals surface area contributed by atoms with Crippen LogP contribution >= 0.6 is 0 Å². The van der Waals surface area contributed by atoms with E-state index < -0.39 is 0 Å². The van der Waals surface area contributed by atoms with E-state index in [1.54, 1.807) is 30.7 Å². The third-order valence-corrected chi connectivity index (χ3v) is 3.49. The van der Waals surface area contributed by atoms with Crippen molar-refractivity contribution in [1.82, 2.24) is 4.98 Å². The summed E-state index contributed by atoms with van der Waals surface area (Å²) in [4.78, 5) is 16.2. The number of amides is 2. The van der Waals surface area contributed by atoms with Gasteiger partial charge in [-0.2, -0.15) is 0 Å². The lowest BCUT2D eigenvalue weighted by molar-refractivity contribution is 0.0930. The van der Waals surface area contributed by atoms with Crippen molar-refractivity contribution < 1.29 is 18.7 Å². The van der Waals surface area contributed by atoms with E-state index in [1.165, 1.54) is 7.11 Å². The first-order valence-corrected chi connectivity index (χ1v) is 8.00. The summed E-state index contributed by atoms with van der Waals surface area (Å²) in [5.41, 5.74) is 2.09. The maximum atomic E-state index is 12.2. The first-order valence-electron chi connectivity index (χ1n) is 8.00. The van der Waals surface area contributed by atoms with E-state index in [-0.39, 0.29) is 6.03 Å². The van der Waals surface area contributed by atoms with Crippen LogP contribution in [0.2, 0.25) is 0 Å². The van der Waals surface area contributed by atoms with E-state index in [0.29, 0.717) is 30.5 Å². The van der Waals surface area contributed by atoms with Gasteiger partial charge < -0.3 is 24.5 Å². The second kappa shape index (κ2) is 8.68. The lowest BCUT2D eigenvalue weighted by atomic mass is 10.2. The molecule has 3 rings (SSSR count). The third kappa shape index (κ3) is 4.84. The molecular formula is C19H19N3O4. The van der Waals surface area contributed by atoms with Crippen LogP contribution in [0.25, 0.3) is 0 Å². The van der Waals surface area contributed by atoms with E-state index in [2.05, 4.69) is 15.6 Å². The van der Waals surface area contributed by atoms with Gasteiger partial charge in [0.1, 0.15) is 18.1 Å². The minimum absolute atomic E-state index is 0.350. The fraction of sp³-hybridized carbons (Fsp3) is 0.158. The van der Waals surface area contributed by atoms with E-state index in [0.717, 1.165) is 11.3 Å². The van der Waals surface area contributed by atoms with Crippen molar-refractivity contribution in [3.8, 4) is 5.88 Å². The summed E-state index contributed by atoms with van der Waals surface area (Å²) < 4.78 is 15.9. The SMILES string of the molecule is COc1ncccc1NC(=O)Nc1cccc(COCc2ccco2)c1. The molecule has 0 fully saturated rings. The molecule has 0 spiro atoms. The van der Waals surface area contributed by atoms with Gasteiger partial charge >= 0.3 is 6.03 Å². The average Bonchev–Trinajstić information content (AvgIpc) is 3.16. The summed E-state index contributed by atoms with van der Waals surface area (Å²) in [7, 11) is 1.50. The van der Waals surface area contributed by atoms with Gasteiger partial charge in [0, 0.05) is 11.9 Å². The highest BCUT2D eigenvalue weighted by Crippen LogP contribution is 2.20. The van der Waals surface area contributed by atoms with Gasteiger partial charge in [0.25, 0.3) is 0 Å². The van der Waals surface area contributed by atoms with Gasteiger partial charge in [0.05, 0.1) is 20.0 Å². The van der Waals surface area contributed by atoms with Crippen molar-refractivity contribution >= 4 is 17.4 Å².